The van der Waals surface area contributed by atoms with Gasteiger partial charge in [0.2, 0.25) is 24.3 Å². The molecule has 756 valence electrons. The summed E-state index contributed by atoms with van der Waals surface area (Å²) in [5, 5.41) is 28.8. The fraction of sp³-hybridized carbons (Fsp3) is 0.175. The minimum atomic E-state index is -4.96. The van der Waals surface area contributed by atoms with Gasteiger partial charge in [0.05, 0.1) is 122 Å². The van der Waals surface area contributed by atoms with Crippen LogP contribution >= 0.6 is 73.3 Å². The zero-order valence-electron chi connectivity index (χ0n) is 76.8. The summed E-state index contributed by atoms with van der Waals surface area (Å²) in [5.41, 5.74) is 8.07. The van der Waals surface area contributed by atoms with Gasteiger partial charge in [-0.3, -0.25) is 30.0 Å². The van der Waals surface area contributed by atoms with Crippen LogP contribution < -0.4 is 0 Å². The number of nitrogens with zero attached hydrogens (tertiary/aromatic N) is 12. The fourth-order valence-corrected chi connectivity index (χ4v) is 15.1. The van der Waals surface area contributed by atoms with Gasteiger partial charge in [0, 0.05) is 51.4 Å². The smallest absolute Gasteiger partial charge is 0.333 e. The minimum Gasteiger partial charge on any atom is -0.744 e. The number of hydroxylamine groups is 4. The molecule has 0 saturated carbocycles. The Morgan fingerprint density at radius 3 is 0.694 bits per heavy atom. The molecule has 2 N–H and O–H groups in total. The summed E-state index contributed by atoms with van der Waals surface area (Å²) in [4.78, 5) is 152. The van der Waals surface area contributed by atoms with Crippen molar-refractivity contribution in [2.75, 3.05) is 14.2 Å². The highest BCUT2D eigenvalue weighted by atomic mass is 32.2. The number of rotatable bonds is 37. The summed E-state index contributed by atoms with van der Waals surface area (Å²) < 4.78 is 147. The number of isocyanates is 4. The zero-order valence-corrected chi connectivity index (χ0v) is 84.9. The van der Waals surface area contributed by atoms with Crippen LogP contribution in [0.25, 0.3) is 48.6 Å². The maximum absolute atomic E-state index is 11.6. The van der Waals surface area contributed by atoms with Gasteiger partial charge in [-0.05, 0) is 265 Å². The molecule has 147 heavy (non-hydrogen) atoms. The van der Waals surface area contributed by atoms with E-state index in [0.717, 1.165) is 113 Å². The minimum absolute atomic E-state index is 0.0337. The largest absolute Gasteiger partial charge is 0.744 e. The van der Waals surface area contributed by atoms with E-state index in [1.54, 1.807) is 48.5 Å². The summed E-state index contributed by atoms with van der Waals surface area (Å²) in [5.74, 6) is -2.70. The number of imide groups is 2. The lowest BCUT2D eigenvalue weighted by Gasteiger charge is -2.13. The maximum atomic E-state index is 11.6. The van der Waals surface area contributed by atoms with Crippen molar-refractivity contribution in [2.24, 2.45) is 49.9 Å². The first-order valence-electron chi connectivity index (χ1n) is 42.0. The molecule has 2 aliphatic rings. The Labute approximate surface area is 873 Å². The van der Waals surface area contributed by atoms with Gasteiger partial charge < -0.3 is 37.4 Å². The molecule has 0 atom stereocenters. The van der Waals surface area contributed by atoms with Crippen molar-refractivity contribution >= 4 is 322 Å². The van der Waals surface area contributed by atoms with Crippen LogP contribution in [0.15, 0.2) is 264 Å². The van der Waals surface area contributed by atoms with E-state index >= 15 is 0 Å². The van der Waals surface area contributed by atoms with Gasteiger partial charge in [0.25, 0.3) is 23.6 Å². The molecule has 4 amide bonds. The molecule has 0 spiro atoms. The molecule has 0 radical (unpaired) electrons. The molecule has 2 heterocycles. The van der Waals surface area contributed by atoms with Gasteiger partial charge in [0.15, 0.2) is 11.8 Å². The van der Waals surface area contributed by atoms with E-state index < -0.39 is 95.6 Å². The molecule has 9 aromatic rings. The Kier molecular flexibility index (Phi) is 53.4. The van der Waals surface area contributed by atoms with E-state index in [-0.39, 0.29) is 83.5 Å². The second-order valence-corrected chi connectivity index (χ2v) is 35.3. The van der Waals surface area contributed by atoms with Crippen LogP contribution in [0.3, 0.4) is 0 Å². The molecular formula is C97H78N14O26S10-4. The highest BCUT2D eigenvalue weighted by Crippen LogP contribution is 2.32. The lowest BCUT2D eigenvalue weighted by atomic mass is 10.1. The summed E-state index contributed by atoms with van der Waals surface area (Å²) in [6.07, 6.45) is 24.7. The number of unbranched alkanes of at least 4 members (excludes halogenated alkanes) is 5. The van der Waals surface area contributed by atoms with Crippen molar-refractivity contribution in [3.05, 3.63) is 239 Å². The van der Waals surface area contributed by atoms with Gasteiger partial charge in [-0.2, -0.15) is 49.9 Å². The van der Waals surface area contributed by atoms with Crippen molar-refractivity contribution in [3.63, 3.8) is 0 Å². The lowest BCUT2D eigenvalue weighted by Crippen LogP contribution is -2.32. The number of thiocarbonyl (C=S) groups is 6. The zero-order chi connectivity index (χ0) is 108. The first kappa shape index (κ1) is 122. The molecule has 2 aliphatic heterocycles. The molecule has 0 bridgehead atoms. The number of hydrogen-bond donors (Lipinski definition) is 2. The van der Waals surface area contributed by atoms with E-state index in [1.165, 1.54) is 87.1 Å². The molecular weight excluding hydrogens is 2100 g/mol. The summed E-state index contributed by atoms with van der Waals surface area (Å²) in [6.45, 7) is 0. The van der Waals surface area contributed by atoms with E-state index in [1.807, 2.05) is 97.1 Å². The van der Waals surface area contributed by atoms with Crippen LogP contribution in [-0.2, 0) is 108 Å². The predicted molar refractivity (Wildman–Crippen MR) is 559 cm³/mol. The monoisotopic (exact) mass is 2170 g/mol. The number of amides is 4. The summed E-state index contributed by atoms with van der Waals surface area (Å²) in [7, 11) is -16.6. The molecule has 11 rings (SSSR count). The normalized spacial score (nSPS) is 11.6. The third kappa shape index (κ3) is 46.1. The van der Waals surface area contributed by atoms with Crippen molar-refractivity contribution in [2.45, 2.75) is 116 Å². The van der Waals surface area contributed by atoms with Crippen molar-refractivity contribution in [3.8, 4) is 0 Å². The molecule has 40 nitrogen and oxygen atoms in total. The van der Waals surface area contributed by atoms with Crippen LogP contribution in [-0.4, -0.2) is 179 Å². The Morgan fingerprint density at radius 2 is 0.483 bits per heavy atom. The number of methoxy groups -OCH3 is 2. The van der Waals surface area contributed by atoms with Gasteiger partial charge >= 0.3 is 11.9 Å². The number of ether oxygens (including phenoxy) is 2. The van der Waals surface area contributed by atoms with Gasteiger partial charge in [-0.25, -0.2) is 62.4 Å². The fourth-order valence-electron chi connectivity index (χ4n) is 11.8. The predicted octanol–water partition coefficient (Wildman–Crippen LogP) is 19.7. The van der Waals surface area contributed by atoms with Crippen molar-refractivity contribution < 1.29 is 119 Å². The van der Waals surface area contributed by atoms with Crippen molar-refractivity contribution in [1.29, 1.82) is 10.8 Å². The molecule has 50 heteroatoms. The van der Waals surface area contributed by atoms with Crippen LogP contribution in [0, 0.1) is 10.8 Å². The number of aliphatic imine (C=N–C) groups is 10. The maximum Gasteiger partial charge on any atom is 0.333 e. The average molecular weight is 2180 g/mol. The number of hydrogen-bond acceptors (Lipinski definition) is 44. The number of nitrogens with one attached hydrogen (secondary N) is 2. The van der Waals surface area contributed by atoms with E-state index in [2.05, 4.69) is 154 Å². The topological polar surface area (TPSA) is 614 Å². The third-order valence-corrected chi connectivity index (χ3v) is 22.9. The summed E-state index contributed by atoms with van der Waals surface area (Å²) >= 11 is 26.9. The van der Waals surface area contributed by atoms with Gasteiger partial charge in [-0.15, -0.1) is 10.1 Å². The quantitative estimate of drug-likeness (QED) is 0.00533. The molecule has 2 saturated heterocycles. The SMILES string of the molecule is COC(=N)CCCCCC(=N)OC.O=C(CCCCCCC(=O)ON1C(=O)CCC1=O)ON1C(=O)CCC1=O.O=C=Nc1ccc(/C=C/c2ccc(N=C=O)cc2)cc1.O=C=Nc1ccc(/C=C/c2ccc(N=C=O)cc2S(=O)(=O)[O-])c(S(=O)(=O)[O-])c1.O=S(=O)([O-])c1cc(N=C=S)ccc1/C=C/c1ccc(N=C=S)cc1S(=O)(=O)[O-].S=C=Nc1ccc(/C=C/c2ccc(N=C=S)cc2)cc1.S=C=Nc1ccc(N=C=S)cc1. The second kappa shape index (κ2) is 64.6. The number of isothiocyanates is 6. The number of benzene rings is 9. The van der Waals surface area contributed by atoms with E-state index in [9.17, 15) is 99.8 Å². The van der Waals surface area contributed by atoms with Crippen LogP contribution in [0.1, 0.15) is 141 Å². The van der Waals surface area contributed by atoms with E-state index in [0.29, 0.717) is 71.8 Å². The molecule has 0 aromatic heterocycles. The Bertz CT molecular complexity index is 6670. The van der Waals surface area contributed by atoms with Crippen LogP contribution in [0.4, 0.5) is 56.9 Å². The first-order chi connectivity index (χ1) is 70.2. The Balaban J connectivity index is 0.000000307. The average Bonchev–Trinajstić information content (AvgIpc) is 1.79. The molecule has 2 fully saturated rings. The molecule has 0 unspecified atom stereocenters. The summed E-state index contributed by atoms with van der Waals surface area (Å²) in [6, 6.07) is 50.9. The first-order valence-corrected chi connectivity index (χ1v) is 50.1. The second-order valence-electron chi connectivity index (χ2n) is 28.8. The van der Waals surface area contributed by atoms with Crippen molar-refractivity contribution in [1.82, 2.24) is 10.1 Å². The number of carbonyl (C=O) groups is 6. The third-order valence-electron chi connectivity index (χ3n) is 18.8. The molecule has 0 aliphatic carbocycles. The van der Waals surface area contributed by atoms with E-state index in [4.69, 9.17) is 30.0 Å². The number of carbonyl (C=O) groups excluding carboxylic acids is 10. The lowest BCUT2D eigenvalue weighted by molar-refractivity contribution is -0.197. The van der Waals surface area contributed by atoms with Crippen LogP contribution in [0.5, 0.6) is 0 Å². The van der Waals surface area contributed by atoms with Gasteiger partial charge in [-0.1, -0.05) is 141 Å². The van der Waals surface area contributed by atoms with Gasteiger partial charge in [0.1, 0.15) is 40.5 Å². The highest BCUT2D eigenvalue weighted by molar-refractivity contribution is 7.86. The molecule has 9 aromatic carbocycles. The highest BCUT2D eigenvalue weighted by Gasteiger charge is 2.34. The Hall–Kier alpha value is -15.9. The van der Waals surface area contributed by atoms with Crippen LogP contribution in [0.2, 0.25) is 0 Å². The Morgan fingerprint density at radius 1 is 0.299 bits per heavy atom. The standard InChI is InChI=1S/C16H10N2O8S2.C16H20N2O8.C16H10N2O6S4.C16H10N2O2.C16H10N2S2.C9H18N2O2.C8H4N2S2/c19-9-17-13-5-3-11(15(7-13)27(21,22)23)1-2-12-4-6-14(18-10-20)8-16(12)28(24,25)26;19-11-7-8-12(20)17(11)25-15(23)5-3-1-2-4-6-16(24)26-18-13(21)9-10-14(18)22;19-27(20,21)15-7-13(17-9-25)5-3-11(15)1-2-12-4-6-14(18-10-26)8-16(12)28(22,23)24;2*19-11-17-15-7-3-13(4-8-15)1-2-14-5-9-16(10-6-14)18-12-20;1-12-8(10)6-4-3-5-7-9(11)13-2;11-5-9-7-1-2-8(4-3-7)10-6-12/h1-8H,(H,21,22,23)(H,24,25,26);1-10H2;1-8H,(H,19,20,21)(H,22,23,24);2*1-10H;10-11H,3-7H2,1-2H3;1-4H/p-4/b2-1+;;3*2-1+;;.